The van der Waals surface area contributed by atoms with Crippen LogP contribution in [-0.4, -0.2) is 26.3 Å². The zero-order valence-electron chi connectivity index (χ0n) is 15.4. The molecule has 0 aliphatic rings. The number of hydrogen-bond acceptors (Lipinski definition) is 4. The average molecular weight is 389 g/mol. The minimum Gasteiger partial charge on any atom is -0.326 e. The van der Waals surface area contributed by atoms with Crippen LogP contribution in [0.15, 0.2) is 53.4 Å². The molecule has 0 saturated heterocycles. The average Bonchev–Trinajstić information content (AvgIpc) is 2.61. The number of aryl methyl sites for hydroxylation is 1. The highest BCUT2D eigenvalue weighted by molar-refractivity contribution is 7.89. The topological polar surface area (TPSA) is 104 Å². The van der Waals surface area contributed by atoms with Crippen molar-refractivity contribution in [1.29, 1.82) is 0 Å². The van der Waals surface area contributed by atoms with Crippen molar-refractivity contribution >= 4 is 33.2 Å². The van der Waals surface area contributed by atoms with Gasteiger partial charge in [0.15, 0.2) is 0 Å². The van der Waals surface area contributed by atoms with E-state index in [1.165, 1.54) is 38.1 Å². The lowest BCUT2D eigenvalue weighted by atomic mass is 10.1. The Labute approximate surface area is 159 Å². The molecule has 0 unspecified atom stereocenters. The summed E-state index contributed by atoms with van der Waals surface area (Å²) in [5.41, 5.74) is 2.17. The summed E-state index contributed by atoms with van der Waals surface area (Å²) in [6.45, 7) is 4.85. The third-order valence-electron chi connectivity index (χ3n) is 3.81. The second-order valence-electron chi connectivity index (χ2n) is 6.09. The molecule has 0 aliphatic carbocycles. The first-order valence-corrected chi connectivity index (χ1v) is 9.99. The maximum Gasteiger partial charge on any atom is 0.242 e. The van der Waals surface area contributed by atoms with Crippen molar-refractivity contribution in [2.24, 2.45) is 0 Å². The molecule has 0 fully saturated rings. The number of sulfonamides is 1. The summed E-state index contributed by atoms with van der Waals surface area (Å²) in [4.78, 5) is 23.3. The Balaban J connectivity index is 2.05. The molecule has 0 spiro atoms. The SMILES string of the molecule is CCc1cccc(NC(=O)[C@H](C)NS(=O)(=O)c2ccc(NC(C)=O)cc2)c1. The molecule has 2 aromatic carbocycles. The van der Waals surface area contributed by atoms with E-state index in [1.807, 2.05) is 25.1 Å². The van der Waals surface area contributed by atoms with Gasteiger partial charge in [-0.3, -0.25) is 9.59 Å². The first-order valence-electron chi connectivity index (χ1n) is 8.51. The quantitative estimate of drug-likeness (QED) is 0.677. The van der Waals surface area contributed by atoms with E-state index in [2.05, 4.69) is 15.4 Å². The summed E-state index contributed by atoms with van der Waals surface area (Å²) in [6.07, 6.45) is 0.834. The number of nitrogens with one attached hydrogen (secondary N) is 3. The molecule has 7 nitrogen and oxygen atoms in total. The predicted octanol–water partition coefficient (Wildman–Crippen LogP) is 2.51. The third-order valence-corrected chi connectivity index (χ3v) is 5.37. The van der Waals surface area contributed by atoms with Crippen molar-refractivity contribution < 1.29 is 18.0 Å². The predicted molar refractivity (Wildman–Crippen MR) is 105 cm³/mol. The van der Waals surface area contributed by atoms with Crippen LogP contribution in [0, 0.1) is 0 Å². The van der Waals surface area contributed by atoms with Crippen molar-refractivity contribution in [2.75, 3.05) is 10.6 Å². The fourth-order valence-electron chi connectivity index (χ4n) is 2.39. The van der Waals surface area contributed by atoms with Gasteiger partial charge in [0, 0.05) is 18.3 Å². The van der Waals surface area contributed by atoms with Crippen molar-refractivity contribution in [3.8, 4) is 0 Å². The normalized spacial score (nSPS) is 12.3. The van der Waals surface area contributed by atoms with Crippen LogP contribution in [-0.2, 0) is 26.0 Å². The van der Waals surface area contributed by atoms with Gasteiger partial charge in [-0.15, -0.1) is 0 Å². The molecule has 0 heterocycles. The molecule has 27 heavy (non-hydrogen) atoms. The minimum absolute atomic E-state index is 0.00392. The number of anilines is 2. The molecule has 144 valence electrons. The first-order chi connectivity index (χ1) is 12.7. The van der Waals surface area contributed by atoms with Gasteiger partial charge in [-0.05, 0) is 55.3 Å². The Morgan fingerprint density at radius 3 is 2.26 bits per heavy atom. The van der Waals surface area contributed by atoms with Gasteiger partial charge in [0.2, 0.25) is 21.8 Å². The highest BCUT2D eigenvalue weighted by Gasteiger charge is 2.22. The molecule has 2 rings (SSSR count). The van der Waals surface area contributed by atoms with Crippen LogP contribution in [0.2, 0.25) is 0 Å². The summed E-state index contributed by atoms with van der Waals surface area (Å²) >= 11 is 0. The fourth-order valence-corrected chi connectivity index (χ4v) is 3.60. The molecule has 0 saturated carbocycles. The highest BCUT2D eigenvalue weighted by atomic mass is 32.2. The number of carbonyl (C=O) groups is 2. The molecule has 0 aromatic heterocycles. The van der Waals surface area contributed by atoms with E-state index >= 15 is 0 Å². The van der Waals surface area contributed by atoms with Gasteiger partial charge in [-0.1, -0.05) is 19.1 Å². The van der Waals surface area contributed by atoms with Crippen molar-refractivity contribution in [2.45, 2.75) is 38.1 Å². The number of benzene rings is 2. The van der Waals surface area contributed by atoms with Gasteiger partial charge in [-0.2, -0.15) is 4.72 Å². The fraction of sp³-hybridized carbons (Fsp3) is 0.263. The lowest BCUT2D eigenvalue weighted by molar-refractivity contribution is -0.117. The summed E-state index contributed by atoms with van der Waals surface area (Å²) in [7, 11) is -3.88. The van der Waals surface area contributed by atoms with E-state index in [1.54, 1.807) is 6.07 Å². The van der Waals surface area contributed by atoms with Crippen LogP contribution in [0.1, 0.15) is 26.3 Å². The molecular weight excluding hydrogens is 366 g/mol. The lowest BCUT2D eigenvalue weighted by Crippen LogP contribution is -2.41. The summed E-state index contributed by atoms with van der Waals surface area (Å²) in [5.74, 6) is -0.706. The number of amides is 2. The molecule has 8 heteroatoms. The van der Waals surface area contributed by atoms with Crippen LogP contribution < -0.4 is 15.4 Å². The Morgan fingerprint density at radius 1 is 1.00 bits per heavy atom. The summed E-state index contributed by atoms with van der Waals surface area (Å²) < 4.78 is 27.3. The molecule has 2 amide bonds. The maximum atomic E-state index is 12.5. The van der Waals surface area contributed by atoms with Gasteiger partial charge in [-0.25, -0.2) is 8.42 Å². The molecule has 0 bridgehead atoms. The van der Waals surface area contributed by atoms with Crippen LogP contribution in [0.5, 0.6) is 0 Å². The van der Waals surface area contributed by atoms with E-state index < -0.39 is 22.0 Å². The second kappa shape index (κ2) is 8.79. The molecule has 2 aromatic rings. The Bertz CT molecular complexity index is 924. The van der Waals surface area contributed by atoms with Gasteiger partial charge in [0.25, 0.3) is 0 Å². The Hall–Kier alpha value is -2.71. The lowest BCUT2D eigenvalue weighted by Gasteiger charge is -2.15. The molecule has 0 aliphatic heterocycles. The summed E-state index contributed by atoms with van der Waals surface area (Å²) in [5, 5.41) is 5.27. The van der Waals surface area contributed by atoms with E-state index in [0.717, 1.165) is 12.0 Å². The zero-order valence-corrected chi connectivity index (χ0v) is 16.3. The molecular formula is C19H23N3O4S. The van der Waals surface area contributed by atoms with Gasteiger partial charge < -0.3 is 10.6 Å². The summed E-state index contributed by atoms with van der Waals surface area (Å²) in [6, 6.07) is 12.1. The van der Waals surface area contributed by atoms with Gasteiger partial charge in [0.1, 0.15) is 0 Å². The van der Waals surface area contributed by atoms with E-state index in [0.29, 0.717) is 11.4 Å². The Kier molecular flexibility index (Phi) is 6.70. The maximum absolute atomic E-state index is 12.5. The van der Waals surface area contributed by atoms with Crippen molar-refractivity contribution in [3.63, 3.8) is 0 Å². The van der Waals surface area contributed by atoms with Crippen LogP contribution in [0.25, 0.3) is 0 Å². The zero-order chi connectivity index (χ0) is 20.0. The molecule has 0 radical (unpaired) electrons. The minimum atomic E-state index is -3.88. The first kappa shape index (κ1) is 20.6. The number of hydrogen-bond donors (Lipinski definition) is 3. The van der Waals surface area contributed by atoms with E-state index in [9.17, 15) is 18.0 Å². The van der Waals surface area contributed by atoms with E-state index in [4.69, 9.17) is 0 Å². The third kappa shape index (κ3) is 5.90. The van der Waals surface area contributed by atoms with Crippen LogP contribution in [0.4, 0.5) is 11.4 Å². The molecule has 1 atom stereocenters. The van der Waals surface area contributed by atoms with Gasteiger partial charge >= 0.3 is 0 Å². The van der Waals surface area contributed by atoms with Crippen molar-refractivity contribution in [3.05, 3.63) is 54.1 Å². The number of carbonyl (C=O) groups excluding carboxylic acids is 2. The highest BCUT2D eigenvalue weighted by Crippen LogP contribution is 2.15. The monoisotopic (exact) mass is 389 g/mol. The second-order valence-corrected chi connectivity index (χ2v) is 7.81. The van der Waals surface area contributed by atoms with Crippen LogP contribution in [0.3, 0.4) is 0 Å². The Morgan fingerprint density at radius 2 is 1.67 bits per heavy atom. The van der Waals surface area contributed by atoms with E-state index in [-0.39, 0.29) is 10.8 Å². The molecule has 3 N–H and O–H groups in total. The standard InChI is InChI=1S/C19H23N3O4S/c1-4-15-6-5-7-17(12-15)21-19(24)13(2)22-27(25,26)18-10-8-16(9-11-18)20-14(3)23/h5-13,22H,4H2,1-3H3,(H,20,23)(H,21,24)/t13-/m0/s1. The largest absolute Gasteiger partial charge is 0.326 e. The number of rotatable bonds is 7. The van der Waals surface area contributed by atoms with Crippen LogP contribution >= 0.6 is 0 Å². The smallest absolute Gasteiger partial charge is 0.242 e. The van der Waals surface area contributed by atoms with Crippen molar-refractivity contribution in [1.82, 2.24) is 4.72 Å². The van der Waals surface area contributed by atoms with Gasteiger partial charge in [0.05, 0.1) is 10.9 Å².